The van der Waals surface area contributed by atoms with Crippen LogP contribution in [-0.4, -0.2) is 77.9 Å². The van der Waals surface area contributed by atoms with Crippen molar-refractivity contribution in [1.29, 1.82) is 0 Å². The number of hydrogen-bond donors (Lipinski definition) is 2. The van der Waals surface area contributed by atoms with E-state index in [1.165, 1.54) is 13.0 Å². The number of fused-ring (bicyclic) bond motifs is 2. The molecule has 3 unspecified atom stereocenters. The molecule has 8 nitrogen and oxygen atoms in total. The van der Waals surface area contributed by atoms with E-state index < -0.39 is 42.0 Å². The van der Waals surface area contributed by atoms with Crippen LogP contribution in [-0.2, 0) is 23.9 Å². The average molecular weight is 381 g/mol. The van der Waals surface area contributed by atoms with Gasteiger partial charge in [-0.2, -0.15) is 0 Å². The molecule has 1 saturated heterocycles. The molecule has 150 valence electrons. The number of rotatable bonds is 1. The number of likely N-dealkylation sites (N-methyl/N-ethyl adjacent to an activating group) is 1. The van der Waals surface area contributed by atoms with Crippen LogP contribution in [0.3, 0.4) is 0 Å². The second kappa shape index (κ2) is 8.77. The molecule has 3 atom stereocenters. The Morgan fingerprint density at radius 1 is 1.37 bits per heavy atom. The summed E-state index contributed by atoms with van der Waals surface area (Å²) in [6.07, 6.45) is 2.39. The molecule has 2 rings (SSSR count). The number of cyclic esters (lactones) is 1. The van der Waals surface area contributed by atoms with E-state index in [9.17, 15) is 24.6 Å². The Labute approximate surface area is 158 Å². The van der Waals surface area contributed by atoms with E-state index in [1.807, 2.05) is 11.9 Å². The Hall–Kier alpha value is -2.03. The average Bonchev–Trinajstić information content (AvgIpc) is 2.63. The number of hydrogen-bond acceptors (Lipinski definition) is 8. The number of aliphatic hydroxyl groups excluding tert-OH is 1. The third-order valence-corrected chi connectivity index (χ3v) is 5.14. The number of ketones is 1. The third-order valence-electron chi connectivity index (χ3n) is 5.14. The zero-order chi connectivity index (χ0) is 20.2. The maximum absolute atomic E-state index is 12.8. The minimum atomic E-state index is -2.02. The van der Waals surface area contributed by atoms with Crippen LogP contribution in [0.15, 0.2) is 23.3 Å². The third kappa shape index (κ3) is 4.82. The van der Waals surface area contributed by atoms with E-state index in [4.69, 9.17) is 9.47 Å². The molecular formula is C19H27NO7. The van der Waals surface area contributed by atoms with Crippen LogP contribution in [0.1, 0.15) is 26.7 Å². The molecule has 0 radical (unpaired) electrons. The highest BCUT2D eigenvalue weighted by atomic mass is 16.6. The lowest BCUT2D eigenvalue weighted by molar-refractivity contribution is -0.171. The molecule has 8 heteroatoms. The Kier molecular flexibility index (Phi) is 6.91. The van der Waals surface area contributed by atoms with Crippen LogP contribution in [0.4, 0.5) is 0 Å². The van der Waals surface area contributed by atoms with Gasteiger partial charge in [0.05, 0.1) is 0 Å². The van der Waals surface area contributed by atoms with Gasteiger partial charge >= 0.3 is 11.9 Å². The van der Waals surface area contributed by atoms with Crippen molar-refractivity contribution in [2.45, 2.75) is 38.4 Å². The zero-order valence-corrected chi connectivity index (χ0v) is 15.9. The molecule has 2 heterocycles. The van der Waals surface area contributed by atoms with Crippen LogP contribution in [0, 0.1) is 5.92 Å². The second-order valence-electron chi connectivity index (χ2n) is 7.16. The molecule has 0 aromatic heterocycles. The first-order chi connectivity index (χ1) is 12.7. The van der Waals surface area contributed by atoms with Crippen molar-refractivity contribution in [2.75, 3.05) is 33.4 Å². The van der Waals surface area contributed by atoms with Gasteiger partial charge in [-0.05, 0) is 27.3 Å². The summed E-state index contributed by atoms with van der Waals surface area (Å²) < 4.78 is 10.6. The maximum atomic E-state index is 12.8. The van der Waals surface area contributed by atoms with E-state index in [1.54, 1.807) is 13.0 Å². The number of ether oxygens (including phenoxy) is 2. The molecule has 0 saturated carbocycles. The number of Topliss-reactive ketones (excluding diaryl/α,β-unsaturated/α-hetero) is 1. The van der Waals surface area contributed by atoms with Gasteiger partial charge in [0, 0.05) is 43.2 Å². The van der Waals surface area contributed by atoms with Gasteiger partial charge in [0.1, 0.15) is 6.61 Å². The number of carbonyl (C=O) groups excluding carboxylic acids is 3. The molecule has 2 aliphatic rings. The van der Waals surface area contributed by atoms with Crippen LogP contribution in [0.2, 0.25) is 0 Å². The molecule has 27 heavy (non-hydrogen) atoms. The molecular weight excluding hydrogens is 354 g/mol. The highest BCUT2D eigenvalue weighted by Gasteiger charge is 2.43. The van der Waals surface area contributed by atoms with Gasteiger partial charge in [-0.3, -0.25) is 4.79 Å². The van der Waals surface area contributed by atoms with Gasteiger partial charge in [-0.1, -0.05) is 12.2 Å². The lowest BCUT2D eigenvalue weighted by Gasteiger charge is -2.31. The van der Waals surface area contributed by atoms with Gasteiger partial charge in [-0.25, -0.2) is 9.59 Å². The molecule has 0 aromatic rings. The molecule has 0 spiro atoms. The molecule has 2 N–H and O–H groups in total. The first kappa shape index (κ1) is 21.3. The van der Waals surface area contributed by atoms with Crippen molar-refractivity contribution >= 4 is 17.7 Å². The highest BCUT2D eigenvalue weighted by molar-refractivity contribution is 6.01. The largest absolute Gasteiger partial charge is 0.459 e. The van der Waals surface area contributed by atoms with E-state index >= 15 is 0 Å². The van der Waals surface area contributed by atoms with Gasteiger partial charge in [0.2, 0.25) is 5.78 Å². The van der Waals surface area contributed by atoms with Crippen molar-refractivity contribution in [3.63, 3.8) is 0 Å². The van der Waals surface area contributed by atoms with Gasteiger partial charge in [0.25, 0.3) is 0 Å². The van der Waals surface area contributed by atoms with Gasteiger partial charge < -0.3 is 24.6 Å². The quantitative estimate of drug-likeness (QED) is 0.481. The number of allylic oxidation sites excluding steroid dienone is 1. The summed E-state index contributed by atoms with van der Waals surface area (Å²) in [6.45, 7) is 3.03. The fourth-order valence-corrected chi connectivity index (χ4v) is 3.06. The fourth-order valence-electron chi connectivity index (χ4n) is 3.06. The zero-order valence-electron chi connectivity index (χ0n) is 15.9. The van der Waals surface area contributed by atoms with Crippen LogP contribution in [0.5, 0.6) is 0 Å². The summed E-state index contributed by atoms with van der Waals surface area (Å²) in [5.74, 6) is -3.00. The summed E-state index contributed by atoms with van der Waals surface area (Å²) >= 11 is 0. The molecule has 0 aromatic carbocycles. The predicted octanol–water partition coefficient (Wildman–Crippen LogP) is -0.0181. The number of aliphatic hydroxyl groups is 2. The number of esters is 2. The standard InChI is InChI=1S/C19H27NO7/c1-4-12-9-14(10-21)19(2,25)18(24)26-11-13-5-7-20(3)8-6-15(16(13)22)27-17(12)23/h4-5,14-15,21,25H,6-11H2,1-3H3. The van der Waals surface area contributed by atoms with E-state index in [-0.39, 0.29) is 24.2 Å². The van der Waals surface area contributed by atoms with Crippen molar-refractivity contribution in [3.8, 4) is 0 Å². The Balaban J connectivity index is 2.44. The van der Waals surface area contributed by atoms with E-state index in [0.29, 0.717) is 19.5 Å². The van der Waals surface area contributed by atoms with Crippen LogP contribution < -0.4 is 0 Å². The summed E-state index contributed by atoms with van der Waals surface area (Å²) in [4.78, 5) is 39.7. The van der Waals surface area contributed by atoms with Crippen LogP contribution in [0.25, 0.3) is 0 Å². The second-order valence-corrected chi connectivity index (χ2v) is 7.16. The number of nitrogens with zero attached hydrogens (tertiary/aromatic N) is 1. The smallest absolute Gasteiger partial charge is 0.338 e. The normalized spacial score (nSPS) is 33.1. The summed E-state index contributed by atoms with van der Waals surface area (Å²) in [5, 5.41) is 20.2. The summed E-state index contributed by atoms with van der Waals surface area (Å²) in [5.41, 5.74) is -1.63. The first-order valence-corrected chi connectivity index (χ1v) is 8.99. The maximum Gasteiger partial charge on any atom is 0.338 e. The Bertz CT molecular complexity index is 665. The van der Waals surface area contributed by atoms with Crippen LogP contribution >= 0.6 is 0 Å². The first-order valence-electron chi connectivity index (χ1n) is 8.99. The topological polar surface area (TPSA) is 113 Å². The fraction of sp³-hybridized carbons (Fsp3) is 0.632. The molecule has 0 aliphatic carbocycles. The highest BCUT2D eigenvalue weighted by Crippen LogP contribution is 2.28. The minimum absolute atomic E-state index is 0.0859. The lowest BCUT2D eigenvalue weighted by atomic mass is 9.84. The van der Waals surface area contributed by atoms with Gasteiger partial charge in [-0.15, -0.1) is 0 Å². The van der Waals surface area contributed by atoms with Crippen molar-refractivity contribution in [2.24, 2.45) is 5.92 Å². The van der Waals surface area contributed by atoms with E-state index in [0.717, 1.165) is 0 Å². The Morgan fingerprint density at radius 2 is 2.07 bits per heavy atom. The van der Waals surface area contributed by atoms with Crippen molar-refractivity contribution < 1.29 is 34.1 Å². The van der Waals surface area contributed by atoms with E-state index in [2.05, 4.69) is 0 Å². The minimum Gasteiger partial charge on any atom is -0.459 e. The molecule has 2 bridgehead atoms. The van der Waals surface area contributed by atoms with Crippen molar-refractivity contribution in [3.05, 3.63) is 23.3 Å². The molecule has 1 fully saturated rings. The molecule has 0 amide bonds. The summed E-state index contributed by atoms with van der Waals surface area (Å²) in [7, 11) is 1.87. The monoisotopic (exact) mass is 381 g/mol. The van der Waals surface area contributed by atoms with Gasteiger partial charge in [0.15, 0.2) is 11.7 Å². The lowest BCUT2D eigenvalue weighted by Crippen LogP contribution is -2.47. The number of carbonyl (C=O) groups is 3. The molecule has 2 aliphatic heterocycles. The predicted molar refractivity (Wildman–Crippen MR) is 95.6 cm³/mol. The SMILES string of the molecule is CC=C1CC(CO)C(C)(O)C(=O)OCC2=CCN(C)CCC(OC1=O)C2=O. The van der Waals surface area contributed by atoms with Crippen molar-refractivity contribution in [1.82, 2.24) is 4.90 Å². The Morgan fingerprint density at radius 3 is 2.70 bits per heavy atom. The summed E-state index contributed by atoms with van der Waals surface area (Å²) in [6, 6.07) is 0.